The van der Waals surface area contributed by atoms with Crippen LogP contribution in [0, 0.1) is 21.4 Å². The highest BCUT2D eigenvalue weighted by Crippen LogP contribution is 2.30. The second-order valence-corrected chi connectivity index (χ2v) is 7.67. The topological polar surface area (TPSA) is 114 Å². The van der Waals surface area contributed by atoms with E-state index in [9.17, 15) is 20.2 Å². The first-order valence-corrected chi connectivity index (χ1v) is 10.4. The van der Waals surface area contributed by atoms with E-state index in [4.69, 9.17) is 9.47 Å². The molecule has 166 valence electrons. The molecule has 0 aromatic heterocycles. The Morgan fingerprint density at radius 3 is 2.42 bits per heavy atom. The van der Waals surface area contributed by atoms with E-state index in [-0.39, 0.29) is 11.3 Å². The number of nitrogens with zero attached hydrogens (tertiary/aromatic N) is 2. The Morgan fingerprint density at radius 2 is 1.82 bits per heavy atom. The molecule has 9 heteroatoms. The van der Waals surface area contributed by atoms with Crippen molar-refractivity contribution < 1.29 is 19.2 Å². The molecule has 0 unspecified atom stereocenters. The highest BCUT2D eigenvalue weighted by atomic mass is 79.9. The SMILES string of the molecule is COc1ccc(/C=C(/C#N)C(=O)Nc2ccc([N+](=O)[O-])cc2)cc1OCc1ccc(Br)cc1. The number of nitriles is 1. The van der Waals surface area contributed by atoms with E-state index in [1.807, 2.05) is 30.3 Å². The van der Waals surface area contributed by atoms with Gasteiger partial charge in [-0.3, -0.25) is 14.9 Å². The number of methoxy groups -OCH3 is 1. The summed E-state index contributed by atoms with van der Waals surface area (Å²) in [6.07, 6.45) is 1.42. The van der Waals surface area contributed by atoms with Crippen LogP contribution in [-0.2, 0) is 11.4 Å². The highest BCUT2D eigenvalue weighted by molar-refractivity contribution is 9.10. The number of carbonyl (C=O) groups excluding carboxylic acids is 1. The van der Waals surface area contributed by atoms with Crippen LogP contribution < -0.4 is 14.8 Å². The number of halogens is 1. The molecular weight excluding hydrogens is 490 g/mol. The maximum atomic E-state index is 12.5. The van der Waals surface area contributed by atoms with Gasteiger partial charge in [0.15, 0.2) is 11.5 Å². The molecular formula is C24H18BrN3O5. The number of non-ortho nitro benzene ring substituents is 1. The van der Waals surface area contributed by atoms with Crippen LogP contribution >= 0.6 is 15.9 Å². The number of nitro groups is 1. The maximum absolute atomic E-state index is 12.5. The Labute approximate surface area is 198 Å². The van der Waals surface area contributed by atoms with Crippen molar-refractivity contribution in [3.63, 3.8) is 0 Å². The average molecular weight is 508 g/mol. The number of anilines is 1. The Balaban J connectivity index is 1.77. The van der Waals surface area contributed by atoms with E-state index < -0.39 is 10.8 Å². The van der Waals surface area contributed by atoms with Crippen LogP contribution in [-0.4, -0.2) is 17.9 Å². The van der Waals surface area contributed by atoms with Crippen molar-refractivity contribution in [3.8, 4) is 17.6 Å². The van der Waals surface area contributed by atoms with Gasteiger partial charge in [0.05, 0.1) is 12.0 Å². The molecule has 33 heavy (non-hydrogen) atoms. The van der Waals surface area contributed by atoms with E-state index in [0.717, 1.165) is 10.0 Å². The summed E-state index contributed by atoms with van der Waals surface area (Å²) in [5.41, 5.74) is 1.62. The monoisotopic (exact) mass is 507 g/mol. The van der Waals surface area contributed by atoms with Gasteiger partial charge in [0, 0.05) is 22.3 Å². The summed E-state index contributed by atoms with van der Waals surface area (Å²) >= 11 is 3.39. The van der Waals surface area contributed by atoms with Crippen molar-refractivity contribution in [3.05, 3.63) is 98.0 Å². The first-order chi connectivity index (χ1) is 15.9. The molecule has 0 heterocycles. The van der Waals surface area contributed by atoms with Crippen LogP contribution in [0.2, 0.25) is 0 Å². The van der Waals surface area contributed by atoms with Crippen LogP contribution in [0.1, 0.15) is 11.1 Å². The lowest BCUT2D eigenvalue weighted by atomic mass is 10.1. The number of ether oxygens (including phenoxy) is 2. The summed E-state index contributed by atoms with van der Waals surface area (Å²) in [5.74, 6) is 0.333. The number of rotatable bonds is 8. The average Bonchev–Trinajstić information content (AvgIpc) is 2.82. The molecule has 1 N–H and O–H groups in total. The van der Waals surface area contributed by atoms with Gasteiger partial charge in [0.25, 0.3) is 11.6 Å². The fourth-order valence-electron chi connectivity index (χ4n) is 2.82. The van der Waals surface area contributed by atoms with Crippen LogP contribution in [0.15, 0.2) is 76.8 Å². The summed E-state index contributed by atoms with van der Waals surface area (Å²) in [6.45, 7) is 0.308. The minimum atomic E-state index is -0.639. The van der Waals surface area contributed by atoms with E-state index >= 15 is 0 Å². The minimum Gasteiger partial charge on any atom is -0.493 e. The molecule has 3 aromatic carbocycles. The summed E-state index contributed by atoms with van der Waals surface area (Å²) in [5, 5.41) is 22.8. The first kappa shape index (κ1) is 23.5. The van der Waals surface area contributed by atoms with Gasteiger partial charge < -0.3 is 14.8 Å². The van der Waals surface area contributed by atoms with E-state index in [2.05, 4.69) is 21.2 Å². The standard InChI is InChI=1S/C24H18BrN3O5/c1-32-22-11-4-17(13-23(22)33-15-16-2-5-19(25)6-3-16)12-18(14-26)24(29)27-20-7-9-21(10-8-20)28(30)31/h2-13H,15H2,1H3,(H,27,29)/b18-12-. The zero-order valence-corrected chi connectivity index (χ0v) is 19.0. The molecule has 0 bridgehead atoms. The molecule has 0 fully saturated rings. The third-order valence-corrected chi connectivity index (χ3v) is 5.04. The molecule has 0 aliphatic heterocycles. The van der Waals surface area contributed by atoms with Crippen LogP contribution in [0.25, 0.3) is 6.08 Å². The largest absolute Gasteiger partial charge is 0.493 e. The van der Waals surface area contributed by atoms with Crippen LogP contribution in [0.5, 0.6) is 11.5 Å². The van der Waals surface area contributed by atoms with Crippen molar-refractivity contribution in [2.75, 3.05) is 12.4 Å². The van der Waals surface area contributed by atoms with Crippen molar-refractivity contribution in [1.29, 1.82) is 5.26 Å². The van der Waals surface area contributed by atoms with Gasteiger partial charge in [0.2, 0.25) is 0 Å². The van der Waals surface area contributed by atoms with E-state index in [1.54, 1.807) is 18.2 Å². The number of amides is 1. The van der Waals surface area contributed by atoms with Gasteiger partial charge in [-0.2, -0.15) is 5.26 Å². The van der Waals surface area contributed by atoms with Crippen molar-refractivity contribution in [1.82, 2.24) is 0 Å². The number of nitrogens with one attached hydrogen (secondary N) is 1. The highest BCUT2D eigenvalue weighted by Gasteiger charge is 2.12. The molecule has 3 aromatic rings. The summed E-state index contributed by atoms with van der Waals surface area (Å²) < 4.78 is 12.2. The molecule has 0 saturated carbocycles. The van der Waals surface area contributed by atoms with Gasteiger partial charge in [-0.25, -0.2) is 0 Å². The number of nitro benzene ring substituents is 1. The van der Waals surface area contributed by atoms with Gasteiger partial charge in [0.1, 0.15) is 18.2 Å². The molecule has 0 saturated heterocycles. The molecule has 3 rings (SSSR count). The van der Waals surface area contributed by atoms with Crippen molar-refractivity contribution in [2.24, 2.45) is 0 Å². The summed E-state index contributed by atoms with van der Waals surface area (Å²) in [7, 11) is 1.52. The Morgan fingerprint density at radius 1 is 1.12 bits per heavy atom. The van der Waals surface area contributed by atoms with E-state index in [1.165, 1.54) is 37.5 Å². The second kappa shape index (κ2) is 10.9. The number of hydrogen-bond donors (Lipinski definition) is 1. The van der Waals surface area contributed by atoms with Gasteiger partial charge >= 0.3 is 0 Å². The Hall–Kier alpha value is -4.16. The predicted octanol–water partition coefficient (Wildman–Crippen LogP) is 5.49. The quantitative estimate of drug-likeness (QED) is 0.186. The van der Waals surface area contributed by atoms with Gasteiger partial charge in [-0.05, 0) is 53.6 Å². The molecule has 0 aliphatic carbocycles. The summed E-state index contributed by atoms with van der Waals surface area (Å²) in [6, 6.07) is 19.9. The summed E-state index contributed by atoms with van der Waals surface area (Å²) in [4.78, 5) is 22.7. The molecule has 8 nitrogen and oxygen atoms in total. The molecule has 0 radical (unpaired) electrons. The predicted molar refractivity (Wildman–Crippen MR) is 127 cm³/mol. The lowest BCUT2D eigenvalue weighted by Gasteiger charge is -2.12. The van der Waals surface area contributed by atoms with Crippen molar-refractivity contribution >= 4 is 39.3 Å². The maximum Gasteiger partial charge on any atom is 0.269 e. The lowest BCUT2D eigenvalue weighted by molar-refractivity contribution is -0.384. The molecule has 0 atom stereocenters. The third-order valence-electron chi connectivity index (χ3n) is 4.51. The molecule has 0 spiro atoms. The lowest BCUT2D eigenvalue weighted by Crippen LogP contribution is -2.13. The van der Waals surface area contributed by atoms with Crippen LogP contribution in [0.4, 0.5) is 11.4 Å². The minimum absolute atomic E-state index is 0.0991. The second-order valence-electron chi connectivity index (χ2n) is 6.75. The Kier molecular flexibility index (Phi) is 7.78. The van der Waals surface area contributed by atoms with Crippen molar-refractivity contribution in [2.45, 2.75) is 6.61 Å². The van der Waals surface area contributed by atoms with E-state index in [0.29, 0.717) is 29.4 Å². The number of hydrogen-bond acceptors (Lipinski definition) is 6. The van der Waals surface area contributed by atoms with Crippen LogP contribution in [0.3, 0.4) is 0 Å². The first-order valence-electron chi connectivity index (χ1n) is 9.62. The fourth-order valence-corrected chi connectivity index (χ4v) is 3.08. The Bertz CT molecular complexity index is 1230. The molecule has 1 amide bonds. The normalized spacial score (nSPS) is 10.8. The number of benzene rings is 3. The molecule has 0 aliphatic rings. The smallest absolute Gasteiger partial charge is 0.269 e. The zero-order chi connectivity index (χ0) is 23.8. The number of carbonyl (C=O) groups is 1. The fraction of sp³-hybridized carbons (Fsp3) is 0.0833. The van der Waals surface area contributed by atoms with Gasteiger partial charge in [-0.1, -0.05) is 34.1 Å². The zero-order valence-electron chi connectivity index (χ0n) is 17.4. The van der Waals surface area contributed by atoms with Gasteiger partial charge in [-0.15, -0.1) is 0 Å². The third kappa shape index (κ3) is 6.41.